The molecule has 0 aliphatic carbocycles. The molecular weight excluding hydrogens is 250 g/mol. The van der Waals surface area contributed by atoms with Crippen LogP contribution >= 0.6 is 0 Å². The van der Waals surface area contributed by atoms with Crippen LogP contribution in [0.5, 0.6) is 0 Å². The van der Waals surface area contributed by atoms with Gasteiger partial charge in [0.25, 0.3) is 0 Å². The van der Waals surface area contributed by atoms with Crippen LogP contribution in [-0.4, -0.2) is 30.9 Å². The number of anilines is 1. The molecule has 2 atom stereocenters. The summed E-state index contributed by atoms with van der Waals surface area (Å²) in [6.45, 7) is 7.00. The van der Waals surface area contributed by atoms with Crippen molar-refractivity contribution < 1.29 is 9.84 Å². The zero-order valence-corrected chi connectivity index (χ0v) is 12.7. The lowest BCUT2D eigenvalue weighted by molar-refractivity contribution is 0.0439. The average molecular weight is 277 g/mol. The van der Waals surface area contributed by atoms with Crippen LogP contribution in [0.3, 0.4) is 0 Å². The minimum Gasteiger partial charge on any atom is -0.388 e. The second-order valence-electron chi connectivity index (χ2n) is 5.56. The molecule has 3 nitrogen and oxygen atoms in total. The summed E-state index contributed by atoms with van der Waals surface area (Å²) in [6, 6.07) is 8.22. The first-order valence-corrected chi connectivity index (χ1v) is 7.89. The molecule has 1 aliphatic rings. The minimum absolute atomic E-state index is 0.329. The summed E-state index contributed by atoms with van der Waals surface area (Å²) in [4.78, 5) is 2.37. The highest BCUT2D eigenvalue weighted by Crippen LogP contribution is 2.30. The van der Waals surface area contributed by atoms with Gasteiger partial charge >= 0.3 is 0 Å². The fraction of sp³-hybridized carbons (Fsp3) is 0.647. The molecule has 0 radical (unpaired) electrons. The fourth-order valence-electron chi connectivity index (χ4n) is 2.85. The van der Waals surface area contributed by atoms with E-state index < -0.39 is 0 Å². The first-order valence-electron chi connectivity index (χ1n) is 7.89. The zero-order valence-electron chi connectivity index (χ0n) is 12.7. The van der Waals surface area contributed by atoms with Crippen molar-refractivity contribution in [3.63, 3.8) is 0 Å². The van der Waals surface area contributed by atoms with Crippen molar-refractivity contribution in [2.24, 2.45) is 0 Å². The zero-order chi connectivity index (χ0) is 14.4. The highest BCUT2D eigenvalue weighted by Gasteiger charge is 2.23. The molecule has 0 saturated carbocycles. The summed E-state index contributed by atoms with van der Waals surface area (Å²) in [6.07, 6.45) is 4.08. The molecule has 112 valence electrons. The monoisotopic (exact) mass is 277 g/mol. The maximum absolute atomic E-state index is 10.2. The molecule has 1 fully saturated rings. The third-order valence-electron chi connectivity index (χ3n) is 3.96. The molecule has 0 aromatic heterocycles. The Bertz CT molecular complexity index is 408. The largest absolute Gasteiger partial charge is 0.388 e. The number of aliphatic hydroxyl groups excluding tert-OH is 1. The molecule has 1 heterocycles. The lowest BCUT2D eigenvalue weighted by atomic mass is 10.0. The predicted octanol–water partition coefficient (Wildman–Crippen LogP) is 3.53. The van der Waals surface area contributed by atoms with E-state index in [1.807, 2.05) is 19.1 Å². The first-order chi connectivity index (χ1) is 9.76. The van der Waals surface area contributed by atoms with Crippen molar-refractivity contribution in [2.75, 3.05) is 24.6 Å². The second-order valence-corrected chi connectivity index (χ2v) is 5.56. The Morgan fingerprint density at radius 1 is 1.35 bits per heavy atom. The van der Waals surface area contributed by atoms with E-state index in [9.17, 15) is 5.11 Å². The van der Waals surface area contributed by atoms with E-state index in [1.165, 1.54) is 5.69 Å². The van der Waals surface area contributed by atoms with Gasteiger partial charge in [0.2, 0.25) is 0 Å². The standard InChI is InChI=1S/C17H27NO2/c1-3-12-20-14-8-7-11-18(13-14)16-10-6-5-9-15(16)17(19)4-2/h5-6,9-10,14,17,19H,3-4,7-8,11-13H2,1-2H3/t14?,17-/m0/s1. The van der Waals surface area contributed by atoms with Crippen molar-refractivity contribution >= 4 is 5.69 Å². The molecule has 20 heavy (non-hydrogen) atoms. The lowest BCUT2D eigenvalue weighted by Gasteiger charge is -2.36. The van der Waals surface area contributed by atoms with Crippen LogP contribution in [0, 0.1) is 0 Å². The number of rotatable bonds is 6. The van der Waals surface area contributed by atoms with E-state index in [4.69, 9.17) is 4.74 Å². The van der Waals surface area contributed by atoms with E-state index in [2.05, 4.69) is 24.0 Å². The first kappa shape index (κ1) is 15.3. The van der Waals surface area contributed by atoms with Crippen molar-refractivity contribution in [1.82, 2.24) is 0 Å². The molecule has 1 N–H and O–H groups in total. The Balaban J connectivity index is 2.10. The topological polar surface area (TPSA) is 32.7 Å². The van der Waals surface area contributed by atoms with E-state index >= 15 is 0 Å². The molecule has 1 unspecified atom stereocenters. The van der Waals surface area contributed by atoms with Crippen LogP contribution in [0.1, 0.15) is 51.2 Å². The molecule has 2 rings (SSSR count). The van der Waals surface area contributed by atoms with Gasteiger partial charge in [-0.25, -0.2) is 0 Å². The van der Waals surface area contributed by atoms with Gasteiger partial charge in [0.15, 0.2) is 0 Å². The van der Waals surface area contributed by atoms with Gasteiger partial charge in [-0.1, -0.05) is 32.0 Å². The summed E-state index contributed by atoms with van der Waals surface area (Å²) in [5.74, 6) is 0. The van der Waals surface area contributed by atoms with Gasteiger partial charge in [-0.05, 0) is 31.7 Å². The smallest absolute Gasteiger partial charge is 0.0807 e. The maximum Gasteiger partial charge on any atom is 0.0807 e. The van der Waals surface area contributed by atoms with Gasteiger partial charge in [0.05, 0.1) is 12.2 Å². The van der Waals surface area contributed by atoms with E-state index in [0.717, 1.165) is 50.9 Å². The predicted molar refractivity (Wildman–Crippen MR) is 83.2 cm³/mol. The van der Waals surface area contributed by atoms with Crippen LogP contribution in [0.15, 0.2) is 24.3 Å². The molecule has 1 aliphatic heterocycles. The van der Waals surface area contributed by atoms with Crippen LogP contribution in [0.2, 0.25) is 0 Å². The van der Waals surface area contributed by atoms with Gasteiger partial charge in [-0.3, -0.25) is 0 Å². The molecule has 1 aromatic carbocycles. The highest BCUT2D eigenvalue weighted by atomic mass is 16.5. The van der Waals surface area contributed by atoms with Gasteiger partial charge < -0.3 is 14.7 Å². The van der Waals surface area contributed by atoms with Gasteiger partial charge in [-0.15, -0.1) is 0 Å². The second kappa shape index (κ2) is 7.65. The number of hydrogen-bond acceptors (Lipinski definition) is 3. The molecule has 0 spiro atoms. The van der Waals surface area contributed by atoms with Crippen molar-refractivity contribution in [2.45, 2.75) is 51.7 Å². The number of benzene rings is 1. The van der Waals surface area contributed by atoms with Crippen LogP contribution < -0.4 is 4.90 Å². The molecule has 1 aromatic rings. The Morgan fingerprint density at radius 3 is 2.90 bits per heavy atom. The molecule has 1 saturated heterocycles. The molecule has 3 heteroatoms. The highest BCUT2D eigenvalue weighted by molar-refractivity contribution is 5.55. The Kier molecular flexibility index (Phi) is 5.86. The van der Waals surface area contributed by atoms with Gasteiger partial charge in [0, 0.05) is 30.9 Å². The number of nitrogens with zero attached hydrogens (tertiary/aromatic N) is 1. The molecule has 0 amide bonds. The number of aliphatic hydroxyl groups is 1. The summed E-state index contributed by atoms with van der Waals surface area (Å²) < 4.78 is 5.91. The van der Waals surface area contributed by atoms with Crippen molar-refractivity contribution in [3.05, 3.63) is 29.8 Å². The summed E-state index contributed by atoms with van der Waals surface area (Å²) in [5.41, 5.74) is 2.22. The van der Waals surface area contributed by atoms with E-state index in [0.29, 0.717) is 6.10 Å². The lowest BCUT2D eigenvalue weighted by Crippen LogP contribution is -2.40. The Hall–Kier alpha value is -1.06. The minimum atomic E-state index is -0.372. The normalized spacial score (nSPS) is 20.9. The van der Waals surface area contributed by atoms with Crippen LogP contribution in [0.25, 0.3) is 0 Å². The average Bonchev–Trinajstić information content (AvgIpc) is 2.52. The van der Waals surface area contributed by atoms with E-state index in [-0.39, 0.29) is 6.10 Å². The molecule has 0 bridgehead atoms. The SMILES string of the molecule is CCCOC1CCCN(c2ccccc2[C@@H](O)CC)C1. The van der Waals surface area contributed by atoms with Crippen LogP contribution in [-0.2, 0) is 4.74 Å². The third-order valence-corrected chi connectivity index (χ3v) is 3.96. The summed E-state index contributed by atoms with van der Waals surface area (Å²) >= 11 is 0. The van der Waals surface area contributed by atoms with E-state index in [1.54, 1.807) is 0 Å². The Morgan fingerprint density at radius 2 is 2.15 bits per heavy atom. The Labute approximate surface area is 122 Å². The van der Waals surface area contributed by atoms with Crippen molar-refractivity contribution in [1.29, 1.82) is 0 Å². The maximum atomic E-state index is 10.2. The number of para-hydroxylation sites is 1. The summed E-state index contributed by atoms with van der Waals surface area (Å²) in [7, 11) is 0. The van der Waals surface area contributed by atoms with Crippen LogP contribution in [0.4, 0.5) is 5.69 Å². The molecular formula is C17H27NO2. The summed E-state index contributed by atoms with van der Waals surface area (Å²) in [5, 5.41) is 10.2. The third kappa shape index (κ3) is 3.74. The fourth-order valence-corrected chi connectivity index (χ4v) is 2.85. The number of piperidine rings is 1. The van der Waals surface area contributed by atoms with Gasteiger partial charge in [0.1, 0.15) is 0 Å². The van der Waals surface area contributed by atoms with Crippen molar-refractivity contribution in [3.8, 4) is 0 Å². The number of ether oxygens (including phenoxy) is 1. The van der Waals surface area contributed by atoms with Gasteiger partial charge in [-0.2, -0.15) is 0 Å². The number of hydrogen-bond donors (Lipinski definition) is 1. The quantitative estimate of drug-likeness (QED) is 0.863.